The van der Waals surface area contributed by atoms with Gasteiger partial charge in [0.1, 0.15) is 18.0 Å². The summed E-state index contributed by atoms with van der Waals surface area (Å²) in [7, 11) is 0. The predicted octanol–water partition coefficient (Wildman–Crippen LogP) is 4.28. The highest BCUT2D eigenvalue weighted by atomic mass is 35.5. The van der Waals surface area contributed by atoms with Crippen LogP contribution in [0.25, 0.3) is 0 Å². The van der Waals surface area contributed by atoms with Crippen molar-refractivity contribution in [2.45, 2.75) is 44.4 Å². The number of allylic oxidation sites excluding steroid dienone is 4. The van der Waals surface area contributed by atoms with E-state index in [0.717, 1.165) is 49.7 Å². The van der Waals surface area contributed by atoms with Crippen molar-refractivity contribution in [1.29, 1.82) is 0 Å². The molecule has 2 aliphatic rings. The monoisotopic (exact) mass is 423 g/mol. The summed E-state index contributed by atoms with van der Waals surface area (Å²) >= 11 is 11.9. The van der Waals surface area contributed by atoms with Crippen LogP contribution < -0.4 is 5.32 Å². The first-order chi connectivity index (χ1) is 13.4. The molecule has 1 atom stereocenters. The Labute approximate surface area is 178 Å². The van der Waals surface area contributed by atoms with Gasteiger partial charge in [-0.25, -0.2) is 0 Å². The van der Waals surface area contributed by atoms with Gasteiger partial charge in [0.05, 0.1) is 0 Å². The molecule has 2 N–H and O–H groups in total. The molecule has 1 aliphatic carbocycles. The SMILES string of the molecule is C[C@](O)(CNC1CCN(Cc2ccc(Cl)cc2)CC1)COC1=CC(Cl)=CC[CH]1. The lowest BCUT2D eigenvalue weighted by atomic mass is 10.0. The normalized spacial score (nSPS) is 21.0. The number of piperidine rings is 1. The zero-order valence-corrected chi connectivity index (χ0v) is 17.8. The van der Waals surface area contributed by atoms with E-state index in [4.69, 9.17) is 27.9 Å². The highest BCUT2D eigenvalue weighted by Crippen LogP contribution is 2.21. The van der Waals surface area contributed by atoms with Crippen molar-refractivity contribution in [2.75, 3.05) is 26.2 Å². The van der Waals surface area contributed by atoms with E-state index in [2.05, 4.69) is 22.3 Å². The Morgan fingerprint density at radius 1 is 1.21 bits per heavy atom. The Morgan fingerprint density at radius 3 is 2.61 bits per heavy atom. The van der Waals surface area contributed by atoms with Gasteiger partial charge in [0.15, 0.2) is 0 Å². The maximum Gasteiger partial charge on any atom is 0.117 e. The zero-order chi connectivity index (χ0) is 20.0. The molecule has 0 amide bonds. The molecule has 0 spiro atoms. The van der Waals surface area contributed by atoms with Crippen LogP contribution in [0.1, 0.15) is 31.7 Å². The third-order valence-corrected chi connectivity index (χ3v) is 5.66. The molecule has 1 aliphatic heterocycles. The Morgan fingerprint density at radius 2 is 1.93 bits per heavy atom. The van der Waals surface area contributed by atoms with E-state index in [9.17, 15) is 5.11 Å². The van der Waals surface area contributed by atoms with Gasteiger partial charge in [0, 0.05) is 35.6 Å². The van der Waals surface area contributed by atoms with Crippen LogP contribution in [-0.4, -0.2) is 47.9 Å². The second-order valence-electron chi connectivity index (χ2n) is 7.92. The predicted molar refractivity (Wildman–Crippen MR) is 115 cm³/mol. The van der Waals surface area contributed by atoms with Crippen molar-refractivity contribution in [2.24, 2.45) is 0 Å². The van der Waals surface area contributed by atoms with Crippen LogP contribution in [0.5, 0.6) is 0 Å². The fourth-order valence-electron chi connectivity index (χ4n) is 3.44. The smallest absolute Gasteiger partial charge is 0.117 e. The summed E-state index contributed by atoms with van der Waals surface area (Å²) in [5.41, 5.74) is 0.364. The van der Waals surface area contributed by atoms with Crippen LogP contribution >= 0.6 is 23.2 Å². The summed E-state index contributed by atoms with van der Waals surface area (Å²) < 4.78 is 5.72. The second kappa shape index (κ2) is 10.1. The number of hydrogen-bond donors (Lipinski definition) is 2. The molecule has 6 heteroatoms. The molecule has 0 saturated carbocycles. The topological polar surface area (TPSA) is 44.7 Å². The summed E-state index contributed by atoms with van der Waals surface area (Å²) in [5.74, 6) is 0.725. The molecule has 1 fully saturated rings. The fourth-order valence-corrected chi connectivity index (χ4v) is 3.76. The first-order valence-electron chi connectivity index (χ1n) is 9.86. The molecular formula is C22H29Cl2N2O2. The van der Waals surface area contributed by atoms with E-state index in [1.807, 2.05) is 24.6 Å². The quantitative estimate of drug-likeness (QED) is 0.654. The summed E-state index contributed by atoms with van der Waals surface area (Å²) in [5, 5.41) is 15.6. The number of halogens is 2. The van der Waals surface area contributed by atoms with E-state index >= 15 is 0 Å². The molecule has 0 bridgehead atoms. The number of nitrogens with zero attached hydrogens (tertiary/aromatic N) is 1. The van der Waals surface area contributed by atoms with E-state index in [0.29, 0.717) is 17.6 Å². The third-order valence-electron chi connectivity index (χ3n) is 5.14. The largest absolute Gasteiger partial charge is 0.495 e. The van der Waals surface area contributed by atoms with Crippen molar-refractivity contribution in [3.63, 3.8) is 0 Å². The van der Waals surface area contributed by atoms with Crippen molar-refractivity contribution in [3.8, 4) is 0 Å². The average molecular weight is 424 g/mol. The van der Waals surface area contributed by atoms with E-state index in [1.54, 1.807) is 13.0 Å². The van der Waals surface area contributed by atoms with Crippen LogP contribution in [0.3, 0.4) is 0 Å². The van der Waals surface area contributed by atoms with Gasteiger partial charge in [0.2, 0.25) is 0 Å². The zero-order valence-electron chi connectivity index (χ0n) is 16.3. The standard InChI is InChI=1S/C22H29Cl2N2O2/c1-22(27,16-28-21-4-2-3-19(24)13-21)15-25-20-9-11-26(12-10-20)14-17-5-7-18(23)8-6-17/h3-8,13,20,25,27H,2,9-12,14-16H2,1H3/t22-/m0/s1. The second-order valence-corrected chi connectivity index (χ2v) is 8.79. The lowest BCUT2D eigenvalue weighted by Gasteiger charge is -2.34. The Kier molecular flexibility index (Phi) is 7.84. The summed E-state index contributed by atoms with van der Waals surface area (Å²) in [4.78, 5) is 2.46. The first kappa shape index (κ1) is 21.7. The molecule has 0 aromatic heterocycles. The minimum Gasteiger partial charge on any atom is -0.495 e. The molecule has 153 valence electrons. The van der Waals surface area contributed by atoms with Crippen LogP contribution in [0, 0.1) is 6.42 Å². The summed E-state index contributed by atoms with van der Waals surface area (Å²) in [6, 6.07) is 8.49. The highest BCUT2D eigenvalue weighted by Gasteiger charge is 2.25. The van der Waals surface area contributed by atoms with Crippen LogP contribution in [0.2, 0.25) is 5.02 Å². The van der Waals surface area contributed by atoms with Crippen LogP contribution in [-0.2, 0) is 11.3 Å². The van der Waals surface area contributed by atoms with Crippen molar-refractivity contribution in [3.05, 3.63) is 64.2 Å². The molecule has 0 unspecified atom stereocenters. The minimum atomic E-state index is -0.928. The molecule has 1 saturated heterocycles. The molecule has 1 heterocycles. The molecule has 28 heavy (non-hydrogen) atoms. The number of ether oxygens (including phenoxy) is 1. The average Bonchev–Trinajstić information content (AvgIpc) is 2.68. The van der Waals surface area contributed by atoms with Gasteiger partial charge in [-0.05, 0) is 63.0 Å². The van der Waals surface area contributed by atoms with Crippen molar-refractivity contribution >= 4 is 23.2 Å². The maximum atomic E-state index is 10.6. The number of hydrogen-bond acceptors (Lipinski definition) is 4. The Balaban J connectivity index is 1.36. The van der Waals surface area contributed by atoms with Gasteiger partial charge >= 0.3 is 0 Å². The number of aliphatic hydroxyl groups is 1. The molecule has 1 aromatic carbocycles. The van der Waals surface area contributed by atoms with Gasteiger partial charge in [0.25, 0.3) is 0 Å². The third kappa shape index (κ3) is 7.09. The van der Waals surface area contributed by atoms with E-state index < -0.39 is 5.60 Å². The highest BCUT2D eigenvalue weighted by molar-refractivity contribution is 6.31. The maximum absolute atomic E-state index is 10.6. The van der Waals surface area contributed by atoms with E-state index in [-0.39, 0.29) is 6.61 Å². The Bertz CT molecular complexity index is 693. The van der Waals surface area contributed by atoms with Crippen molar-refractivity contribution < 1.29 is 9.84 Å². The van der Waals surface area contributed by atoms with E-state index in [1.165, 1.54) is 5.56 Å². The number of benzene rings is 1. The number of rotatable bonds is 8. The van der Waals surface area contributed by atoms with Gasteiger partial charge in [-0.15, -0.1) is 0 Å². The lowest BCUT2D eigenvalue weighted by Crippen LogP contribution is -2.49. The van der Waals surface area contributed by atoms with Gasteiger partial charge in [-0.2, -0.15) is 0 Å². The van der Waals surface area contributed by atoms with Crippen molar-refractivity contribution in [1.82, 2.24) is 10.2 Å². The van der Waals surface area contributed by atoms with Gasteiger partial charge in [-0.3, -0.25) is 4.90 Å². The molecule has 1 radical (unpaired) electrons. The summed E-state index contributed by atoms with van der Waals surface area (Å²) in [6.07, 6.45) is 8.58. The lowest BCUT2D eigenvalue weighted by molar-refractivity contribution is -0.0129. The number of likely N-dealkylation sites (tertiary alicyclic amines) is 1. The molecule has 1 aromatic rings. The molecular weight excluding hydrogens is 395 g/mol. The molecule has 4 nitrogen and oxygen atoms in total. The first-order valence-corrected chi connectivity index (χ1v) is 10.6. The minimum absolute atomic E-state index is 0.238. The van der Waals surface area contributed by atoms with Crippen LogP contribution in [0.4, 0.5) is 0 Å². The number of nitrogens with one attached hydrogen (secondary N) is 1. The Hall–Kier alpha value is -1.04. The summed E-state index contributed by atoms with van der Waals surface area (Å²) in [6.45, 7) is 5.60. The van der Waals surface area contributed by atoms with Gasteiger partial charge in [-0.1, -0.05) is 41.4 Å². The van der Waals surface area contributed by atoms with Crippen LogP contribution in [0.15, 0.2) is 47.2 Å². The fraction of sp³-hybridized carbons (Fsp3) is 0.500. The molecule has 3 rings (SSSR count). The van der Waals surface area contributed by atoms with Gasteiger partial charge < -0.3 is 15.2 Å².